The topological polar surface area (TPSA) is 154 Å². The Morgan fingerprint density at radius 1 is 1.16 bits per heavy atom. The monoisotopic (exact) mass is 599 g/mol. The van der Waals surface area contributed by atoms with E-state index < -0.39 is 29.1 Å². The van der Waals surface area contributed by atoms with Crippen molar-refractivity contribution in [3.05, 3.63) is 100 Å². The molecule has 3 unspecified atom stereocenters. The van der Waals surface area contributed by atoms with Gasteiger partial charge in [0.1, 0.15) is 11.3 Å². The first-order valence-corrected chi connectivity index (χ1v) is 14.6. The zero-order valence-electron chi connectivity index (χ0n) is 23.4. The number of nitrogens with one attached hydrogen (secondary N) is 1. The summed E-state index contributed by atoms with van der Waals surface area (Å²) >= 11 is 1.13. The highest BCUT2D eigenvalue weighted by Crippen LogP contribution is 2.50. The van der Waals surface area contributed by atoms with Gasteiger partial charge in [0, 0.05) is 35.8 Å². The number of halogens is 1. The summed E-state index contributed by atoms with van der Waals surface area (Å²) in [7, 11) is 0. The number of thiophene rings is 1. The number of amides is 2. The smallest absolute Gasteiger partial charge is 0.262 e. The third-order valence-corrected chi connectivity index (χ3v) is 9.53. The molecular weight excluding hydrogens is 569 g/mol. The predicted octanol–water partition coefficient (Wildman–Crippen LogP) is 4.02. The molecule has 1 aliphatic carbocycles. The van der Waals surface area contributed by atoms with Gasteiger partial charge in [0.25, 0.3) is 5.91 Å². The van der Waals surface area contributed by atoms with Crippen LogP contribution in [-0.4, -0.2) is 41.6 Å². The molecule has 43 heavy (non-hydrogen) atoms. The molecule has 0 saturated carbocycles. The molecule has 9 nitrogen and oxygen atoms in total. The van der Waals surface area contributed by atoms with E-state index in [-0.39, 0.29) is 33.7 Å². The maximum absolute atomic E-state index is 15.7. The molecule has 1 saturated heterocycles. The van der Waals surface area contributed by atoms with E-state index in [9.17, 15) is 14.4 Å². The molecule has 2 heterocycles. The second-order valence-electron chi connectivity index (χ2n) is 10.8. The molecule has 220 valence electrons. The third kappa shape index (κ3) is 4.48. The number of nitrogens with zero attached hydrogens (tertiary/aromatic N) is 1. The first-order chi connectivity index (χ1) is 20.6. The molecule has 2 amide bonds. The fourth-order valence-corrected chi connectivity index (χ4v) is 7.27. The number of rotatable bonds is 6. The van der Waals surface area contributed by atoms with Crippen molar-refractivity contribution in [3.63, 3.8) is 0 Å². The Balaban J connectivity index is 1.42. The molecule has 11 heteroatoms. The molecule has 0 bridgehead atoms. The number of para-hydroxylation sites is 1. The van der Waals surface area contributed by atoms with Crippen molar-refractivity contribution in [2.24, 2.45) is 11.5 Å². The molecule has 0 radical (unpaired) electrons. The van der Waals surface area contributed by atoms with E-state index in [4.69, 9.17) is 21.9 Å². The normalized spacial score (nSPS) is 21.2. The number of hydrogen-bond donors (Lipinski definition) is 4. The van der Waals surface area contributed by atoms with Gasteiger partial charge in [0.15, 0.2) is 17.3 Å². The minimum atomic E-state index is -1.82. The summed E-state index contributed by atoms with van der Waals surface area (Å²) in [5, 5.41) is 3.49. The second-order valence-corrected chi connectivity index (χ2v) is 11.8. The lowest BCUT2D eigenvalue weighted by Gasteiger charge is -2.37. The Hall–Kier alpha value is -4.58. The second kappa shape index (κ2) is 10.6. The van der Waals surface area contributed by atoms with Crippen LogP contribution in [0.3, 0.4) is 0 Å². The zero-order valence-corrected chi connectivity index (χ0v) is 24.2. The Labute approximate surface area is 251 Å². The van der Waals surface area contributed by atoms with Gasteiger partial charge in [-0.1, -0.05) is 36.9 Å². The van der Waals surface area contributed by atoms with Crippen molar-refractivity contribution in [3.8, 4) is 11.5 Å². The molecule has 3 aromatic carbocycles. The van der Waals surface area contributed by atoms with Crippen LogP contribution in [0.5, 0.6) is 11.5 Å². The lowest BCUT2D eigenvalue weighted by molar-refractivity contribution is -0.125. The first kappa shape index (κ1) is 28.5. The lowest BCUT2D eigenvalue weighted by atomic mass is 9.69. The van der Waals surface area contributed by atoms with Crippen LogP contribution in [-0.2, 0) is 15.1 Å². The summed E-state index contributed by atoms with van der Waals surface area (Å²) in [4.78, 5) is 41.6. The number of carbonyl (C=O) groups excluding carboxylic acids is 3. The van der Waals surface area contributed by atoms with Gasteiger partial charge in [-0.2, -0.15) is 0 Å². The Kier molecular flexibility index (Phi) is 7.04. The number of nitrogen functional groups attached to an aromatic ring is 1. The van der Waals surface area contributed by atoms with Crippen molar-refractivity contribution < 1.29 is 23.5 Å². The molecular formula is C32H30FN5O4S. The zero-order chi connectivity index (χ0) is 30.6. The van der Waals surface area contributed by atoms with E-state index in [1.165, 1.54) is 19.1 Å². The van der Waals surface area contributed by atoms with Gasteiger partial charge < -0.3 is 32.2 Å². The highest BCUT2D eigenvalue weighted by molar-refractivity contribution is 7.21. The maximum Gasteiger partial charge on any atom is 0.262 e. The molecule has 3 atom stereocenters. The van der Waals surface area contributed by atoms with Gasteiger partial charge in [0.05, 0.1) is 15.6 Å². The number of likely N-dealkylation sites (tertiary alicyclic amines) is 1. The molecule has 1 aliphatic heterocycles. The fraction of sp³-hybridized carbons (Fsp3) is 0.219. The minimum Gasteiger partial charge on any atom is -0.454 e. The number of ether oxygens (including phenoxy) is 1. The van der Waals surface area contributed by atoms with E-state index in [1.807, 2.05) is 6.07 Å². The van der Waals surface area contributed by atoms with Crippen LogP contribution >= 0.6 is 11.3 Å². The summed E-state index contributed by atoms with van der Waals surface area (Å²) in [6.45, 7) is 5.89. The molecule has 0 spiro atoms. The van der Waals surface area contributed by atoms with Crippen molar-refractivity contribution in [2.45, 2.75) is 31.0 Å². The first-order valence-electron chi connectivity index (χ1n) is 13.7. The van der Waals surface area contributed by atoms with Crippen molar-refractivity contribution in [1.82, 2.24) is 10.2 Å². The maximum atomic E-state index is 15.7. The number of nitrogens with two attached hydrogens (primary N) is 3. The minimum absolute atomic E-state index is 0.0125. The summed E-state index contributed by atoms with van der Waals surface area (Å²) in [5.74, 6) is -1.42. The largest absolute Gasteiger partial charge is 0.454 e. The van der Waals surface area contributed by atoms with Gasteiger partial charge in [-0.05, 0) is 60.4 Å². The molecule has 1 fully saturated rings. The van der Waals surface area contributed by atoms with Crippen LogP contribution in [0.15, 0.2) is 67.3 Å². The predicted molar refractivity (Wildman–Crippen MR) is 163 cm³/mol. The van der Waals surface area contributed by atoms with E-state index >= 15 is 4.39 Å². The highest BCUT2D eigenvalue weighted by atomic mass is 32.1. The number of benzene rings is 3. The highest BCUT2D eigenvalue weighted by Gasteiger charge is 2.50. The molecule has 2 aliphatic rings. The van der Waals surface area contributed by atoms with Gasteiger partial charge in [0.2, 0.25) is 5.91 Å². The number of hydrogen-bond acceptors (Lipinski definition) is 8. The SMILES string of the molecule is C=CC(=O)N1CCC(NC(=O)c2sc3c(N)ccc4c3c2C(N)C(=O)C4(N)c2ccc(Oc3ccccc3)c(F)c2C)C1. The van der Waals surface area contributed by atoms with Gasteiger partial charge >= 0.3 is 0 Å². The summed E-state index contributed by atoms with van der Waals surface area (Å²) in [6, 6.07) is 13.5. The molecule has 7 N–H and O–H groups in total. The van der Waals surface area contributed by atoms with Gasteiger partial charge in [-0.25, -0.2) is 4.39 Å². The molecule has 4 aromatic rings. The van der Waals surface area contributed by atoms with Crippen LogP contribution in [0.2, 0.25) is 0 Å². The average Bonchev–Trinajstić information content (AvgIpc) is 3.64. The van der Waals surface area contributed by atoms with Gasteiger partial charge in [-0.15, -0.1) is 11.3 Å². The fourth-order valence-electron chi connectivity index (χ4n) is 6.07. The number of carbonyl (C=O) groups is 3. The number of anilines is 1. The van der Waals surface area contributed by atoms with E-state index in [0.717, 1.165) is 11.3 Å². The Morgan fingerprint density at radius 3 is 2.60 bits per heavy atom. The van der Waals surface area contributed by atoms with Crippen LogP contribution in [0.25, 0.3) is 10.1 Å². The standard InChI is InChI=1S/C32H30FN5O4S/c1-3-23(39)38-14-13-17(15-38)37-31(41)29-25-24-20(9-11-21(34)28(24)43-29)32(36,30(40)27(25)35)19-10-12-22(26(33)16(19)2)42-18-7-5-4-6-8-18/h3-12,17,27H,1,13-15,34-36H2,2H3,(H,37,41). The Morgan fingerprint density at radius 2 is 1.88 bits per heavy atom. The van der Waals surface area contributed by atoms with Gasteiger partial charge in [-0.3, -0.25) is 14.4 Å². The van der Waals surface area contributed by atoms with Crippen molar-refractivity contribution in [2.75, 3.05) is 18.8 Å². The van der Waals surface area contributed by atoms with E-state index in [1.54, 1.807) is 47.4 Å². The number of ketones is 1. The van der Waals surface area contributed by atoms with Crippen LogP contribution in [0, 0.1) is 12.7 Å². The number of Topliss-reactive ketones (excluding diaryl/α,β-unsaturated/α-hetero) is 1. The molecule has 6 rings (SSSR count). The molecule has 1 aromatic heterocycles. The van der Waals surface area contributed by atoms with Crippen LogP contribution in [0.4, 0.5) is 10.1 Å². The third-order valence-electron chi connectivity index (χ3n) is 8.28. The summed E-state index contributed by atoms with van der Waals surface area (Å²) < 4.78 is 22.0. The summed E-state index contributed by atoms with van der Waals surface area (Å²) in [6.07, 6.45) is 1.82. The van der Waals surface area contributed by atoms with E-state index in [0.29, 0.717) is 52.2 Å². The van der Waals surface area contributed by atoms with Crippen LogP contribution < -0.4 is 27.3 Å². The quantitative estimate of drug-likeness (QED) is 0.193. The van der Waals surface area contributed by atoms with Crippen molar-refractivity contribution in [1.29, 1.82) is 0 Å². The van der Waals surface area contributed by atoms with Crippen LogP contribution in [0.1, 0.15) is 44.4 Å². The average molecular weight is 600 g/mol. The lowest BCUT2D eigenvalue weighted by Crippen LogP contribution is -2.53. The van der Waals surface area contributed by atoms with E-state index in [2.05, 4.69) is 11.9 Å². The Bertz CT molecular complexity index is 1820. The van der Waals surface area contributed by atoms with Crippen molar-refractivity contribution >= 4 is 44.7 Å². The summed E-state index contributed by atoms with van der Waals surface area (Å²) in [5.41, 5.74) is 19.6.